The lowest BCUT2D eigenvalue weighted by Crippen LogP contribution is -2.42. The van der Waals surface area contributed by atoms with Crippen molar-refractivity contribution >= 4 is 11.9 Å². The zero-order chi connectivity index (χ0) is 15.1. The second-order valence-electron chi connectivity index (χ2n) is 5.42. The van der Waals surface area contributed by atoms with Gasteiger partial charge in [-0.3, -0.25) is 9.59 Å². The Bertz CT molecular complexity index is 474. The monoisotopic (exact) mass is 291 g/mol. The first-order valence-electron chi connectivity index (χ1n) is 7.26. The van der Waals surface area contributed by atoms with E-state index in [2.05, 4.69) is 0 Å². The lowest BCUT2D eigenvalue weighted by molar-refractivity contribution is -0.142. The molecule has 0 bridgehead atoms. The first-order valence-corrected chi connectivity index (χ1v) is 7.26. The number of ether oxygens (including phenoxy) is 1. The molecule has 0 spiro atoms. The van der Waals surface area contributed by atoms with Gasteiger partial charge in [-0.25, -0.2) is 0 Å². The Morgan fingerprint density at radius 3 is 2.76 bits per heavy atom. The largest absolute Gasteiger partial charge is 0.481 e. The smallest absolute Gasteiger partial charge is 0.303 e. The van der Waals surface area contributed by atoms with Crippen LogP contribution in [0.25, 0.3) is 0 Å². The van der Waals surface area contributed by atoms with E-state index in [1.54, 1.807) is 4.90 Å². The van der Waals surface area contributed by atoms with Gasteiger partial charge in [0.1, 0.15) is 6.61 Å². The third-order valence-electron chi connectivity index (χ3n) is 3.67. The highest BCUT2D eigenvalue weighted by molar-refractivity contribution is 5.77. The highest BCUT2D eigenvalue weighted by Crippen LogP contribution is 2.19. The van der Waals surface area contributed by atoms with Gasteiger partial charge in [-0.2, -0.15) is 0 Å². The van der Waals surface area contributed by atoms with Gasteiger partial charge in [-0.1, -0.05) is 30.3 Å². The van der Waals surface area contributed by atoms with Gasteiger partial charge in [0.05, 0.1) is 6.61 Å². The van der Waals surface area contributed by atoms with Crippen LogP contribution in [0.3, 0.4) is 0 Å². The first kappa shape index (κ1) is 15.5. The molecule has 1 atom stereocenters. The van der Waals surface area contributed by atoms with E-state index in [1.807, 2.05) is 30.3 Å². The molecule has 1 aliphatic rings. The number of nitrogens with zero attached hydrogens (tertiary/aromatic N) is 1. The van der Waals surface area contributed by atoms with Crippen molar-refractivity contribution in [1.82, 2.24) is 4.90 Å². The number of likely N-dealkylation sites (tertiary alicyclic amines) is 1. The molecule has 0 saturated carbocycles. The first-order chi connectivity index (χ1) is 10.1. The Labute approximate surface area is 124 Å². The van der Waals surface area contributed by atoms with Gasteiger partial charge in [0, 0.05) is 19.5 Å². The average molecular weight is 291 g/mol. The maximum atomic E-state index is 12.1. The van der Waals surface area contributed by atoms with E-state index in [1.165, 1.54) is 0 Å². The maximum absolute atomic E-state index is 12.1. The summed E-state index contributed by atoms with van der Waals surface area (Å²) < 4.78 is 5.44. The number of piperidine rings is 1. The number of hydrogen-bond acceptors (Lipinski definition) is 3. The molecule has 1 saturated heterocycles. The lowest BCUT2D eigenvalue weighted by Gasteiger charge is -2.32. The Balaban J connectivity index is 1.73. The van der Waals surface area contributed by atoms with Crippen molar-refractivity contribution in [3.05, 3.63) is 35.9 Å². The third kappa shape index (κ3) is 5.19. The van der Waals surface area contributed by atoms with E-state index in [0.29, 0.717) is 19.7 Å². The SMILES string of the molecule is O=C(O)CC1CCCN(C(=O)COCc2ccccc2)C1. The van der Waals surface area contributed by atoms with Crippen LogP contribution in [0.1, 0.15) is 24.8 Å². The van der Waals surface area contributed by atoms with Crippen LogP contribution >= 0.6 is 0 Å². The van der Waals surface area contributed by atoms with Gasteiger partial charge in [0.2, 0.25) is 5.91 Å². The van der Waals surface area contributed by atoms with E-state index in [4.69, 9.17) is 9.84 Å². The fourth-order valence-corrected chi connectivity index (χ4v) is 2.63. The molecule has 1 unspecified atom stereocenters. The van der Waals surface area contributed by atoms with E-state index in [9.17, 15) is 9.59 Å². The number of carbonyl (C=O) groups is 2. The molecular weight excluding hydrogens is 270 g/mol. The van der Waals surface area contributed by atoms with Crippen LogP contribution in [0.2, 0.25) is 0 Å². The van der Waals surface area contributed by atoms with Crippen LogP contribution in [0.4, 0.5) is 0 Å². The van der Waals surface area contributed by atoms with Crippen molar-refractivity contribution in [2.45, 2.75) is 25.9 Å². The molecule has 1 aromatic rings. The van der Waals surface area contributed by atoms with Gasteiger partial charge >= 0.3 is 5.97 Å². The van der Waals surface area contributed by atoms with Gasteiger partial charge in [-0.05, 0) is 24.3 Å². The summed E-state index contributed by atoms with van der Waals surface area (Å²) in [6.45, 7) is 1.69. The van der Waals surface area contributed by atoms with Crippen molar-refractivity contribution in [3.8, 4) is 0 Å². The fraction of sp³-hybridized carbons (Fsp3) is 0.500. The molecule has 0 radical (unpaired) electrons. The lowest BCUT2D eigenvalue weighted by atomic mass is 9.95. The minimum absolute atomic E-state index is 0.0503. The quantitative estimate of drug-likeness (QED) is 0.869. The van der Waals surface area contributed by atoms with Crippen LogP contribution in [0.5, 0.6) is 0 Å². The molecule has 1 aromatic carbocycles. The Morgan fingerprint density at radius 1 is 1.29 bits per heavy atom. The standard InChI is InChI=1S/C16H21NO4/c18-15(12-21-11-13-5-2-1-3-6-13)17-8-4-7-14(10-17)9-16(19)20/h1-3,5-6,14H,4,7-12H2,(H,19,20). The normalized spacial score (nSPS) is 18.5. The number of carbonyl (C=O) groups excluding carboxylic acids is 1. The average Bonchev–Trinajstić information content (AvgIpc) is 2.48. The van der Waals surface area contributed by atoms with Gasteiger partial charge in [-0.15, -0.1) is 0 Å². The zero-order valence-corrected chi connectivity index (χ0v) is 12.0. The molecule has 1 aliphatic heterocycles. The Morgan fingerprint density at radius 2 is 2.05 bits per heavy atom. The molecule has 1 amide bonds. The number of rotatable bonds is 6. The Kier molecular flexibility index (Phi) is 5.75. The van der Waals surface area contributed by atoms with E-state index < -0.39 is 5.97 Å². The number of amides is 1. The van der Waals surface area contributed by atoms with E-state index in [-0.39, 0.29) is 24.9 Å². The van der Waals surface area contributed by atoms with Crippen molar-refractivity contribution in [2.75, 3.05) is 19.7 Å². The van der Waals surface area contributed by atoms with Gasteiger partial charge < -0.3 is 14.7 Å². The topological polar surface area (TPSA) is 66.8 Å². The number of benzene rings is 1. The third-order valence-corrected chi connectivity index (χ3v) is 3.67. The summed E-state index contributed by atoms with van der Waals surface area (Å²) in [5.41, 5.74) is 1.03. The summed E-state index contributed by atoms with van der Waals surface area (Å²) in [6, 6.07) is 9.71. The van der Waals surface area contributed by atoms with Crippen molar-refractivity contribution in [3.63, 3.8) is 0 Å². The number of carboxylic acids is 1. The summed E-state index contributed by atoms with van der Waals surface area (Å²) in [5, 5.41) is 8.83. The Hall–Kier alpha value is -1.88. The van der Waals surface area contributed by atoms with Crippen molar-refractivity contribution < 1.29 is 19.4 Å². The summed E-state index contributed by atoms with van der Waals surface area (Å²) >= 11 is 0. The molecule has 114 valence electrons. The number of hydrogen-bond donors (Lipinski definition) is 1. The molecule has 1 N–H and O–H groups in total. The van der Waals surface area contributed by atoms with E-state index in [0.717, 1.165) is 18.4 Å². The summed E-state index contributed by atoms with van der Waals surface area (Å²) in [7, 11) is 0. The number of carboxylic acid groups (broad SMARTS) is 1. The molecule has 1 fully saturated rings. The van der Waals surface area contributed by atoms with Crippen LogP contribution in [0.15, 0.2) is 30.3 Å². The highest BCUT2D eigenvalue weighted by Gasteiger charge is 2.25. The second kappa shape index (κ2) is 7.78. The minimum Gasteiger partial charge on any atom is -0.481 e. The number of aliphatic carboxylic acids is 1. The summed E-state index contributed by atoms with van der Waals surface area (Å²) in [4.78, 5) is 24.5. The summed E-state index contributed by atoms with van der Waals surface area (Å²) in [5.74, 6) is -0.787. The summed E-state index contributed by atoms with van der Waals surface area (Å²) in [6.07, 6.45) is 1.87. The van der Waals surface area contributed by atoms with Crippen LogP contribution in [-0.2, 0) is 20.9 Å². The van der Waals surface area contributed by atoms with Crippen LogP contribution in [0, 0.1) is 5.92 Å². The predicted octanol–water partition coefficient (Wildman–Crippen LogP) is 1.92. The molecule has 2 rings (SSSR count). The van der Waals surface area contributed by atoms with Crippen molar-refractivity contribution in [2.24, 2.45) is 5.92 Å². The van der Waals surface area contributed by atoms with Crippen LogP contribution in [-0.4, -0.2) is 41.6 Å². The minimum atomic E-state index is -0.797. The molecule has 1 heterocycles. The molecular formula is C16H21NO4. The molecule has 21 heavy (non-hydrogen) atoms. The van der Waals surface area contributed by atoms with E-state index >= 15 is 0 Å². The molecule has 5 heteroatoms. The van der Waals surface area contributed by atoms with Gasteiger partial charge in [0.25, 0.3) is 0 Å². The molecule has 0 aliphatic carbocycles. The van der Waals surface area contributed by atoms with Crippen molar-refractivity contribution in [1.29, 1.82) is 0 Å². The van der Waals surface area contributed by atoms with Crippen LogP contribution < -0.4 is 0 Å². The fourth-order valence-electron chi connectivity index (χ4n) is 2.63. The molecule has 5 nitrogen and oxygen atoms in total. The van der Waals surface area contributed by atoms with Gasteiger partial charge in [0.15, 0.2) is 0 Å². The highest BCUT2D eigenvalue weighted by atomic mass is 16.5. The maximum Gasteiger partial charge on any atom is 0.303 e. The zero-order valence-electron chi connectivity index (χ0n) is 12.0. The molecule has 0 aromatic heterocycles. The second-order valence-corrected chi connectivity index (χ2v) is 5.42. The predicted molar refractivity (Wildman–Crippen MR) is 77.7 cm³/mol.